The molecule has 0 heterocycles. The Balaban J connectivity index is 3.33. The van der Waals surface area contributed by atoms with Crippen molar-refractivity contribution in [3.8, 4) is 5.75 Å². The van der Waals surface area contributed by atoms with Crippen LogP contribution < -0.4 is 4.74 Å². The van der Waals surface area contributed by atoms with Crippen molar-refractivity contribution in [3.63, 3.8) is 0 Å². The minimum Gasteiger partial charge on any atom is -0.494 e. The van der Waals surface area contributed by atoms with E-state index in [-0.39, 0.29) is 17.9 Å². The van der Waals surface area contributed by atoms with Gasteiger partial charge in [-0.3, -0.25) is 4.79 Å². The Morgan fingerprint density at radius 3 is 2.50 bits per heavy atom. The summed E-state index contributed by atoms with van der Waals surface area (Å²) in [4.78, 5) is 11.1. The molecule has 0 aliphatic heterocycles. The summed E-state index contributed by atoms with van der Waals surface area (Å²) in [6.07, 6.45) is -3.02. The van der Waals surface area contributed by atoms with E-state index in [0.717, 1.165) is 19.1 Å². The van der Waals surface area contributed by atoms with E-state index < -0.39 is 23.6 Å². The molecule has 2 nitrogen and oxygen atoms in total. The lowest BCUT2D eigenvalue weighted by Gasteiger charge is -2.10. The molecule has 5 heteroatoms. The number of ketones is 1. The number of carbonyl (C=O) groups excluding carboxylic acids is 1. The van der Waals surface area contributed by atoms with E-state index in [1.54, 1.807) is 6.92 Å². The topological polar surface area (TPSA) is 26.3 Å². The van der Waals surface area contributed by atoms with Crippen LogP contribution in [0.3, 0.4) is 0 Å². The molecule has 0 radical (unpaired) electrons. The van der Waals surface area contributed by atoms with Gasteiger partial charge in [0.1, 0.15) is 11.6 Å². The highest BCUT2D eigenvalue weighted by molar-refractivity contribution is 5.96. The van der Waals surface area contributed by atoms with Crippen LogP contribution in [0.2, 0.25) is 0 Å². The Kier molecular flexibility index (Phi) is 3.93. The van der Waals surface area contributed by atoms with Gasteiger partial charge in [0.15, 0.2) is 5.78 Å². The molecule has 0 bridgehead atoms. The normalized spacial score (nSPS) is 10.6. The maximum absolute atomic E-state index is 13.3. The number of benzene rings is 1. The molecule has 0 aliphatic carbocycles. The molecule has 0 amide bonds. The minimum absolute atomic E-state index is 0.0783. The second kappa shape index (κ2) is 5.01. The highest BCUT2D eigenvalue weighted by atomic mass is 19.3. The third kappa shape index (κ3) is 2.53. The van der Waals surface area contributed by atoms with Gasteiger partial charge in [-0.05, 0) is 19.9 Å². The number of Topliss-reactive ketones (excluding diaryl/α,β-unsaturated/α-hetero) is 1. The third-order valence-corrected chi connectivity index (χ3v) is 2.01. The van der Waals surface area contributed by atoms with Crippen molar-refractivity contribution in [2.75, 3.05) is 6.61 Å². The van der Waals surface area contributed by atoms with Crippen LogP contribution >= 0.6 is 0 Å². The van der Waals surface area contributed by atoms with Gasteiger partial charge >= 0.3 is 0 Å². The van der Waals surface area contributed by atoms with Crippen LogP contribution in [-0.4, -0.2) is 12.4 Å². The largest absolute Gasteiger partial charge is 0.494 e. The molecule has 0 aliphatic rings. The fourth-order valence-corrected chi connectivity index (χ4v) is 1.36. The van der Waals surface area contributed by atoms with Crippen molar-refractivity contribution in [2.24, 2.45) is 0 Å². The molecule has 16 heavy (non-hydrogen) atoms. The summed E-state index contributed by atoms with van der Waals surface area (Å²) in [5.74, 6) is -1.66. The first-order chi connectivity index (χ1) is 7.47. The van der Waals surface area contributed by atoms with Crippen molar-refractivity contribution in [2.45, 2.75) is 20.3 Å². The first-order valence-electron chi connectivity index (χ1n) is 4.72. The van der Waals surface area contributed by atoms with E-state index in [2.05, 4.69) is 0 Å². The van der Waals surface area contributed by atoms with Gasteiger partial charge in [0.25, 0.3) is 6.43 Å². The van der Waals surface area contributed by atoms with Crippen LogP contribution in [0.5, 0.6) is 5.75 Å². The van der Waals surface area contributed by atoms with Gasteiger partial charge in [0.2, 0.25) is 0 Å². The molecule has 1 aromatic rings. The standard InChI is InChI=1S/C11H11F3O2/c1-3-16-7-4-8(6(2)15)10(11(13)14)9(12)5-7/h4-5,11H,3H2,1-2H3. The Labute approximate surface area is 91.0 Å². The monoisotopic (exact) mass is 232 g/mol. The van der Waals surface area contributed by atoms with Gasteiger partial charge < -0.3 is 4.74 Å². The molecule has 0 saturated heterocycles. The average Bonchev–Trinajstić information content (AvgIpc) is 2.16. The Hall–Kier alpha value is -1.52. The average molecular weight is 232 g/mol. The molecule has 1 rings (SSSR count). The molecule has 0 aromatic heterocycles. The molecule has 0 unspecified atom stereocenters. The molecule has 0 atom stereocenters. The maximum Gasteiger partial charge on any atom is 0.267 e. The summed E-state index contributed by atoms with van der Waals surface area (Å²) in [5, 5.41) is 0. The molecule has 88 valence electrons. The van der Waals surface area contributed by atoms with Gasteiger partial charge in [-0.2, -0.15) is 0 Å². The minimum atomic E-state index is -3.02. The molecular weight excluding hydrogens is 221 g/mol. The molecular formula is C11H11F3O2. The van der Waals surface area contributed by atoms with Gasteiger partial charge in [-0.15, -0.1) is 0 Å². The zero-order chi connectivity index (χ0) is 12.3. The second-order valence-corrected chi connectivity index (χ2v) is 3.16. The SMILES string of the molecule is CCOc1cc(F)c(C(F)F)c(C(C)=O)c1. The van der Waals surface area contributed by atoms with Crippen LogP contribution in [0.25, 0.3) is 0 Å². The first-order valence-corrected chi connectivity index (χ1v) is 4.72. The molecule has 0 saturated carbocycles. The van der Waals surface area contributed by atoms with E-state index >= 15 is 0 Å². The van der Waals surface area contributed by atoms with E-state index in [1.165, 1.54) is 0 Å². The fraction of sp³-hybridized carbons (Fsp3) is 0.364. The molecule has 1 aromatic carbocycles. The van der Waals surface area contributed by atoms with Crippen LogP contribution in [-0.2, 0) is 0 Å². The number of carbonyl (C=O) groups is 1. The molecule has 0 N–H and O–H groups in total. The second-order valence-electron chi connectivity index (χ2n) is 3.16. The number of halogens is 3. The van der Waals surface area contributed by atoms with Gasteiger partial charge in [0.05, 0.1) is 12.2 Å². The summed E-state index contributed by atoms with van der Waals surface area (Å²) >= 11 is 0. The summed E-state index contributed by atoms with van der Waals surface area (Å²) in [5.41, 5.74) is -1.20. The summed E-state index contributed by atoms with van der Waals surface area (Å²) < 4.78 is 43.4. The van der Waals surface area contributed by atoms with Crippen LogP contribution in [0.1, 0.15) is 36.2 Å². The summed E-state index contributed by atoms with van der Waals surface area (Å²) in [7, 11) is 0. The quantitative estimate of drug-likeness (QED) is 0.744. The van der Waals surface area contributed by atoms with Gasteiger partial charge in [-0.1, -0.05) is 0 Å². The zero-order valence-corrected chi connectivity index (χ0v) is 8.89. The third-order valence-electron chi connectivity index (χ3n) is 2.01. The lowest BCUT2D eigenvalue weighted by molar-refractivity contribution is 0.0995. The Morgan fingerprint density at radius 1 is 1.44 bits per heavy atom. The highest BCUT2D eigenvalue weighted by Gasteiger charge is 2.22. The van der Waals surface area contributed by atoms with Crippen molar-refractivity contribution in [3.05, 3.63) is 29.1 Å². The molecule has 0 spiro atoms. The number of alkyl halides is 2. The Bertz CT molecular complexity index is 402. The lowest BCUT2D eigenvalue weighted by Crippen LogP contribution is -2.05. The van der Waals surface area contributed by atoms with Gasteiger partial charge in [0, 0.05) is 11.6 Å². The fourth-order valence-electron chi connectivity index (χ4n) is 1.36. The summed E-state index contributed by atoms with van der Waals surface area (Å²) in [6.45, 7) is 3.05. The van der Waals surface area contributed by atoms with Crippen LogP contribution in [0.15, 0.2) is 12.1 Å². The van der Waals surface area contributed by atoms with Crippen molar-refractivity contribution < 1.29 is 22.7 Å². The number of hydrogen-bond acceptors (Lipinski definition) is 2. The smallest absolute Gasteiger partial charge is 0.267 e. The van der Waals surface area contributed by atoms with Crippen molar-refractivity contribution in [1.82, 2.24) is 0 Å². The zero-order valence-electron chi connectivity index (χ0n) is 8.89. The highest BCUT2D eigenvalue weighted by Crippen LogP contribution is 2.30. The van der Waals surface area contributed by atoms with E-state index in [1.807, 2.05) is 0 Å². The number of rotatable bonds is 4. The number of hydrogen-bond donors (Lipinski definition) is 0. The maximum atomic E-state index is 13.3. The van der Waals surface area contributed by atoms with Gasteiger partial charge in [-0.25, -0.2) is 13.2 Å². The van der Waals surface area contributed by atoms with E-state index in [9.17, 15) is 18.0 Å². The van der Waals surface area contributed by atoms with Crippen LogP contribution in [0.4, 0.5) is 13.2 Å². The Morgan fingerprint density at radius 2 is 2.06 bits per heavy atom. The van der Waals surface area contributed by atoms with Crippen molar-refractivity contribution >= 4 is 5.78 Å². The molecule has 0 fully saturated rings. The first kappa shape index (κ1) is 12.5. The lowest BCUT2D eigenvalue weighted by atomic mass is 10.0. The predicted octanol–water partition coefficient (Wildman–Crippen LogP) is 3.36. The van der Waals surface area contributed by atoms with Crippen LogP contribution in [0, 0.1) is 5.82 Å². The van der Waals surface area contributed by atoms with E-state index in [0.29, 0.717) is 0 Å². The summed E-state index contributed by atoms with van der Waals surface area (Å²) in [6, 6.07) is 1.99. The predicted molar refractivity (Wildman–Crippen MR) is 52.5 cm³/mol. The van der Waals surface area contributed by atoms with Crippen molar-refractivity contribution in [1.29, 1.82) is 0 Å². The van der Waals surface area contributed by atoms with E-state index in [4.69, 9.17) is 4.74 Å². The number of ether oxygens (including phenoxy) is 1.